The summed E-state index contributed by atoms with van der Waals surface area (Å²) in [7, 11) is 0. The van der Waals surface area contributed by atoms with E-state index in [0.717, 1.165) is 58.2 Å². The van der Waals surface area contributed by atoms with Crippen LogP contribution in [0.15, 0.2) is 30.5 Å². The van der Waals surface area contributed by atoms with Crippen LogP contribution >= 0.6 is 0 Å². The van der Waals surface area contributed by atoms with Crippen molar-refractivity contribution in [2.75, 3.05) is 52.5 Å². The third-order valence-corrected chi connectivity index (χ3v) is 6.46. The van der Waals surface area contributed by atoms with Gasteiger partial charge in [-0.05, 0) is 55.1 Å². The van der Waals surface area contributed by atoms with Gasteiger partial charge in [0.25, 0.3) is 0 Å². The second kappa shape index (κ2) is 8.23. The van der Waals surface area contributed by atoms with Crippen LogP contribution in [0.3, 0.4) is 0 Å². The van der Waals surface area contributed by atoms with Gasteiger partial charge in [0.1, 0.15) is 5.75 Å². The van der Waals surface area contributed by atoms with Crippen LogP contribution in [0, 0.1) is 0 Å². The zero-order valence-electron chi connectivity index (χ0n) is 16.5. The first-order chi connectivity index (χ1) is 13.9. The molecule has 6 nitrogen and oxygen atoms in total. The topological polar surface area (TPSA) is 53.6 Å². The first kappa shape index (κ1) is 18.2. The minimum Gasteiger partial charge on any atom is -0.494 e. The maximum atomic E-state index is 6.14. The van der Waals surface area contributed by atoms with Crippen LogP contribution in [0.5, 0.6) is 5.75 Å². The Morgan fingerprint density at radius 3 is 2.93 bits per heavy atom. The molecule has 1 aromatic carbocycles. The third-order valence-electron chi connectivity index (χ3n) is 6.46. The van der Waals surface area contributed by atoms with Gasteiger partial charge in [-0.3, -0.25) is 14.9 Å². The summed E-state index contributed by atoms with van der Waals surface area (Å²) in [6, 6.07) is 9.40. The van der Waals surface area contributed by atoms with Gasteiger partial charge in [0.05, 0.1) is 19.8 Å². The van der Waals surface area contributed by atoms with Gasteiger partial charge in [0, 0.05) is 50.0 Å². The van der Waals surface area contributed by atoms with Crippen molar-refractivity contribution >= 4 is 0 Å². The molecule has 2 unspecified atom stereocenters. The van der Waals surface area contributed by atoms with Gasteiger partial charge >= 0.3 is 0 Å². The van der Waals surface area contributed by atoms with Crippen LogP contribution in [-0.2, 0) is 4.74 Å². The van der Waals surface area contributed by atoms with Crippen LogP contribution in [0.1, 0.15) is 48.0 Å². The zero-order chi connectivity index (χ0) is 18.8. The number of hydrogen-bond acceptors (Lipinski definition) is 5. The monoisotopic (exact) mass is 382 g/mol. The highest BCUT2D eigenvalue weighted by atomic mass is 16.5. The zero-order valence-corrected chi connectivity index (χ0v) is 16.5. The molecule has 0 aliphatic carbocycles. The average molecular weight is 383 g/mol. The maximum Gasteiger partial charge on any atom is 0.119 e. The normalized spacial score (nSPS) is 25.4. The molecule has 28 heavy (non-hydrogen) atoms. The summed E-state index contributed by atoms with van der Waals surface area (Å²) in [5.74, 6) is 1.39. The van der Waals surface area contributed by atoms with E-state index in [2.05, 4.69) is 44.3 Å². The Bertz CT molecular complexity index is 773. The number of rotatable bonds is 6. The summed E-state index contributed by atoms with van der Waals surface area (Å²) in [4.78, 5) is 5.10. The number of hydrogen-bond donors (Lipinski definition) is 1. The lowest BCUT2D eigenvalue weighted by molar-refractivity contribution is 0.0358. The summed E-state index contributed by atoms with van der Waals surface area (Å²) in [6.07, 6.45) is 5.45. The summed E-state index contributed by atoms with van der Waals surface area (Å²) < 4.78 is 11.6. The molecular weight excluding hydrogens is 352 g/mol. The minimum absolute atomic E-state index is 0.377. The van der Waals surface area contributed by atoms with E-state index in [0.29, 0.717) is 12.0 Å². The van der Waals surface area contributed by atoms with Crippen molar-refractivity contribution in [3.8, 4) is 5.75 Å². The first-order valence-corrected chi connectivity index (χ1v) is 10.7. The smallest absolute Gasteiger partial charge is 0.119 e. The van der Waals surface area contributed by atoms with Crippen molar-refractivity contribution < 1.29 is 9.47 Å². The standard InChI is InChI=1S/C22H30N4O2/c1-3-22-19-15-17(28-12-2-8-25-10-13-27-14-11-25)4-5-18(19)20(16-26(22)9-1)21-6-7-23-24-21/h4-7,15,20,22H,1-3,8-14,16H2,(H,23,24). The van der Waals surface area contributed by atoms with Gasteiger partial charge in [-0.1, -0.05) is 6.07 Å². The van der Waals surface area contributed by atoms with Crippen molar-refractivity contribution in [2.45, 2.75) is 31.2 Å². The average Bonchev–Trinajstić information content (AvgIpc) is 3.43. The molecule has 2 aromatic rings. The Kier molecular flexibility index (Phi) is 5.34. The maximum absolute atomic E-state index is 6.14. The van der Waals surface area contributed by atoms with Crippen LogP contribution < -0.4 is 4.74 Å². The second-order valence-electron chi connectivity index (χ2n) is 8.16. The van der Waals surface area contributed by atoms with Crippen LogP contribution in [-0.4, -0.2) is 72.5 Å². The van der Waals surface area contributed by atoms with Gasteiger partial charge in [0.2, 0.25) is 0 Å². The molecule has 2 fully saturated rings. The predicted molar refractivity (Wildman–Crippen MR) is 108 cm³/mol. The molecule has 3 aliphatic rings. The number of nitrogens with one attached hydrogen (secondary N) is 1. The van der Waals surface area contributed by atoms with Gasteiger partial charge in [0.15, 0.2) is 0 Å². The fourth-order valence-corrected chi connectivity index (χ4v) is 5.01. The van der Waals surface area contributed by atoms with Crippen molar-refractivity contribution in [3.05, 3.63) is 47.3 Å². The van der Waals surface area contributed by atoms with Crippen molar-refractivity contribution in [1.82, 2.24) is 20.0 Å². The van der Waals surface area contributed by atoms with E-state index >= 15 is 0 Å². The molecule has 1 N–H and O–H groups in total. The molecule has 2 atom stereocenters. The van der Waals surface area contributed by atoms with Gasteiger partial charge in [-0.25, -0.2) is 0 Å². The summed E-state index contributed by atoms with van der Waals surface area (Å²) >= 11 is 0. The molecule has 4 heterocycles. The van der Waals surface area contributed by atoms with E-state index in [1.807, 2.05) is 6.20 Å². The number of fused-ring (bicyclic) bond motifs is 3. The number of benzene rings is 1. The molecule has 150 valence electrons. The van der Waals surface area contributed by atoms with E-state index in [-0.39, 0.29) is 0 Å². The second-order valence-corrected chi connectivity index (χ2v) is 8.16. The van der Waals surface area contributed by atoms with Crippen molar-refractivity contribution in [2.24, 2.45) is 0 Å². The Labute approximate surface area is 166 Å². The molecule has 0 bridgehead atoms. The summed E-state index contributed by atoms with van der Waals surface area (Å²) in [5, 5.41) is 7.38. The number of aromatic amines is 1. The third kappa shape index (κ3) is 3.69. The predicted octanol–water partition coefficient (Wildman–Crippen LogP) is 2.79. The molecule has 2 saturated heterocycles. The molecule has 0 radical (unpaired) electrons. The molecule has 0 amide bonds. The van der Waals surface area contributed by atoms with E-state index in [1.165, 1.54) is 36.2 Å². The van der Waals surface area contributed by atoms with E-state index in [1.54, 1.807) is 0 Å². The number of nitrogens with zero attached hydrogens (tertiary/aromatic N) is 3. The quantitative estimate of drug-likeness (QED) is 0.779. The SMILES string of the molecule is c1cc(C2CN3CCCC3c3cc(OCCCN4CCOCC4)ccc32)[nH]n1. The van der Waals surface area contributed by atoms with Gasteiger partial charge < -0.3 is 9.47 Å². The highest BCUT2D eigenvalue weighted by molar-refractivity contribution is 5.45. The lowest BCUT2D eigenvalue weighted by Gasteiger charge is -2.37. The van der Waals surface area contributed by atoms with Crippen LogP contribution in [0.2, 0.25) is 0 Å². The Morgan fingerprint density at radius 2 is 2.07 bits per heavy atom. The minimum atomic E-state index is 0.377. The number of aromatic nitrogens is 2. The summed E-state index contributed by atoms with van der Waals surface area (Å²) in [6.45, 7) is 7.96. The van der Waals surface area contributed by atoms with E-state index in [4.69, 9.17) is 9.47 Å². The molecular formula is C22H30N4O2. The van der Waals surface area contributed by atoms with Gasteiger partial charge in [-0.15, -0.1) is 0 Å². The van der Waals surface area contributed by atoms with Crippen molar-refractivity contribution in [3.63, 3.8) is 0 Å². The number of morpholine rings is 1. The lowest BCUT2D eigenvalue weighted by atomic mass is 9.83. The van der Waals surface area contributed by atoms with Crippen LogP contribution in [0.4, 0.5) is 0 Å². The van der Waals surface area contributed by atoms with Gasteiger partial charge in [-0.2, -0.15) is 5.10 Å². The first-order valence-electron chi connectivity index (χ1n) is 10.7. The fourth-order valence-electron chi connectivity index (χ4n) is 5.01. The highest BCUT2D eigenvalue weighted by Crippen LogP contribution is 2.44. The highest BCUT2D eigenvalue weighted by Gasteiger charge is 2.37. The molecule has 0 saturated carbocycles. The number of ether oxygens (including phenoxy) is 2. The Hall–Kier alpha value is -1.89. The fraction of sp³-hybridized carbons (Fsp3) is 0.591. The Morgan fingerprint density at radius 1 is 1.14 bits per heavy atom. The molecule has 6 heteroatoms. The molecule has 5 rings (SSSR count). The number of H-pyrrole nitrogens is 1. The summed E-state index contributed by atoms with van der Waals surface area (Å²) in [5.41, 5.74) is 4.10. The Balaban J connectivity index is 1.27. The molecule has 3 aliphatic heterocycles. The van der Waals surface area contributed by atoms with Crippen molar-refractivity contribution in [1.29, 1.82) is 0 Å². The van der Waals surface area contributed by atoms with E-state index in [9.17, 15) is 0 Å². The molecule has 0 spiro atoms. The van der Waals surface area contributed by atoms with Crippen LogP contribution in [0.25, 0.3) is 0 Å². The van der Waals surface area contributed by atoms with E-state index < -0.39 is 0 Å². The largest absolute Gasteiger partial charge is 0.494 e. The molecule has 1 aromatic heterocycles. The lowest BCUT2D eigenvalue weighted by Crippen LogP contribution is -2.37.